The third-order valence-electron chi connectivity index (χ3n) is 6.98. The minimum absolute atomic E-state index is 0.117. The highest BCUT2D eigenvalue weighted by atomic mass is 16.2. The fraction of sp³-hybridized carbons (Fsp3) is 0.667. The van der Waals surface area contributed by atoms with Crippen molar-refractivity contribution < 1.29 is 9.59 Å². The van der Waals surface area contributed by atoms with Crippen LogP contribution >= 0.6 is 0 Å². The van der Waals surface area contributed by atoms with Gasteiger partial charge in [-0.15, -0.1) is 0 Å². The van der Waals surface area contributed by atoms with E-state index in [1.165, 1.54) is 17.5 Å². The quantitative estimate of drug-likeness (QED) is 0.821. The van der Waals surface area contributed by atoms with Gasteiger partial charge in [-0.2, -0.15) is 0 Å². The van der Waals surface area contributed by atoms with Gasteiger partial charge in [0.1, 0.15) is 0 Å². The molecule has 2 aliphatic carbocycles. The maximum atomic E-state index is 13.3. The molecule has 0 N–H and O–H groups in total. The molecule has 26 heavy (non-hydrogen) atoms. The summed E-state index contributed by atoms with van der Waals surface area (Å²) in [5.74, 6) is 0.868. The molecule has 1 aromatic heterocycles. The van der Waals surface area contributed by atoms with E-state index in [4.69, 9.17) is 0 Å². The van der Waals surface area contributed by atoms with Crippen LogP contribution in [0.15, 0.2) is 12.4 Å². The molecule has 2 aliphatic heterocycles. The largest absolute Gasteiger partial charge is 0.340 e. The summed E-state index contributed by atoms with van der Waals surface area (Å²) in [5.41, 5.74) is 3.16. The van der Waals surface area contributed by atoms with Gasteiger partial charge in [0.05, 0.1) is 11.6 Å². The lowest BCUT2D eigenvalue weighted by Gasteiger charge is -2.34. The minimum Gasteiger partial charge on any atom is -0.340 e. The number of hydrogen-bond donors (Lipinski definition) is 0. The number of piperidine rings is 1. The van der Waals surface area contributed by atoms with Crippen LogP contribution in [0.25, 0.3) is 0 Å². The zero-order valence-electron chi connectivity index (χ0n) is 15.5. The molecule has 0 aromatic carbocycles. The molecule has 3 heterocycles. The summed E-state index contributed by atoms with van der Waals surface area (Å²) in [6.45, 7) is 4.39. The van der Waals surface area contributed by atoms with Crippen molar-refractivity contribution in [1.29, 1.82) is 0 Å². The average molecular weight is 353 g/mol. The summed E-state index contributed by atoms with van der Waals surface area (Å²) >= 11 is 0. The third-order valence-corrected chi connectivity index (χ3v) is 6.98. The Hall–Kier alpha value is -1.91. The van der Waals surface area contributed by atoms with Crippen LogP contribution in [0.1, 0.15) is 60.5 Å². The van der Waals surface area contributed by atoms with Gasteiger partial charge in [-0.3, -0.25) is 14.6 Å². The molecule has 5 nitrogen and oxygen atoms in total. The van der Waals surface area contributed by atoms with E-state index in [-0.39, 0.29) is 17.4 Å². The van der Waals surface area contributed by atoms with Gasteiger partial charge in [0.15, 0.2) is 0 Å². The van der Waals surface area contributed by atoms with Gasteiger partial charge in [0, 0.05) is 37.4 Å². The summed E-state index contributed by atoms with van der Waals surface area (Å²) in [6.07, 6.45) is 11.1. The van der Waals surface area contributed by atoms with E-state index in [1.807, 2.05) is 16.0 Å². The molecule has 3 fully saturated rings. The van der Waals surface area contributed by atoms with Crippen LogP contribution in [0.3, 0.4) is 0 Å². The highest BCUT2D eigenvalue weighted by Crippen LogP contribution is 2.47. The van der Waals surface area contributed by atoms with Crippen LogP contribution in [-0.4, -0.2) is 52.3 Å². The Morgan fingerprint density at radius 1 is 1.12 bits per heavy atom. The number of pyridine rings is 1. The Labute approximate surface area is 154 Å². The fourth-order valence-electron chi connectivity index (χ4n) is 5.15. The Balaban J connectivity index is 1.37. The number of likely N-dealkylation sites (tertiary alicyclic amines) is 2. The number of carbonyl (C=O) groups is 2. The standard InChI is InChI=1S/C21H27N3O2/c1-21(6-7-21)20(26)23-11-14-8-16(13-23)24(12-14)19(25)18-10-22-9-15-4-2-3-5-17(15)18/h9-10,14,16H,2-8,11-13H2,1H3. The number of aromatic nitrogens is 1. The summed E-state index contributed by atoms with van der Waals surface area (Å²) < 4.78 is 0. The zero-order chi connectivity index (χ0) is 17.9. The first-order valence-electron chi connectivity index (χ1n) is 10.1. The molecule has 5 heteroatoms. The van der Waals surface area contributed by atoms with Gasteiger partial charge in [-0.05, 0) is 62.0 Å². The van der Waals surface area contributed by atoms with Crippen LogP contribution in [0.2, 0.25) is 0 Å². The van der Waals surface area contributed by atoms with Crippen molar-refractivity contribution in [1.82, 2.24) is 14.8 Å². The molecular formula is C21H27N3O2. The van der Waals surface area contributed by atoms with E-state index >= 15 is 0 Å². The molecule has 2 unspecified atom stereocenters. The number of aryl methyl sites for hydroxylation is 1. The van der Waals surface area contributed by atoms with Gasteiger partial charge in [0.25, 0.3) is 5.91 Å². The maximum absolute atomic E-state index is 13.3. The normalized spacial score (nSPS) is 28.7. The summed E-state index contributed by atoms with van der Waals surface area (Å²) in [4.78, 5) is 34.5. The molecule has 1 saturated carbocycles. The van der Waals surface area contributed by atoms with Crippen LogP contribution in [-0.2, 0) is 17.6 Å². The minimum atomic E-state index is -0.117. The molecule has 2 bridgehead atoms. The second-order valence-corrected chi connectivity index (χ2v) is 9.02. The molecule has 5 rings (SSSR count). The molecule has 0 radical (unpaired) electrons. The molecule has 2 amide bonds. The monoisotopic (exact) mass is 353 g/mol. The lowest BCUT2D eigenvalue weighted by Crippen LogP contribution is -2.48. The van der Waals surface area contributed by atoms with E-state index in [1.54, 1.807) is 6.20 Å². The topological polar surface area (TPSA) is 53.5 Å². The van der Waals surface area contributed by atoms with Crippen molar-refractivity contribution in [2.45, 2.75) is 57.9 Å². The van der Waals surface area contributed by atoms with Crippen LogP contribution in [0, 0.1) is 11.3 Å². The molecule has 4 aliphatic rings. The predicted molar refractivity (Wildman–Crippen MR) is 97.7 cm³/mol. The second kappa shape index (κ2) is 5.80. The Morgan fingerprint density at radius 2 is 1.92 bits per heavy atom. The van der Waals surface area contributed by atoms with Gasteiger partial charge >= 0.3 is 0 Å². The predicted octanol–water partition coefficient (Wildman–Crippen LogP) is 2.43. The summed E-state index contributed by atoms with van der Waals surface area (Å²) in [6, 6.07) is 0.173. The molecule has 138 valence electrons. The number of amides is 2. The van der Waals surface area contributed by atoms with Crippen molar-refractivity contribution in [2.75, 3.05) is 19.6 Å². The average Bonchev–Trinajstić information content (AvgIpc) is 3.35. The Kier molecular flexibility index (Phi) is 3.63. The third kappa shape index (κ3) is 2.55. The van der Waals surface area contributed by atoms with E-state index in [0.29, 0.717) is 18.4 Å². The molecular weight excluding hydrogens is 326 g/mol. The SMILES string of the molecule is CC1(C(=O)N2CC3CC(C2)N(C(=O)c2cncc4c2CCCC4)C3)CC1. The van der Waals surface area contributed by atoms with E-state index in [9.17, 15) is 9.59 Å². The van der Waals surface area contributed by atoms with Crippen LogP contribution in [0.4, 0.5) is 0 Å². The molecule has 2 saturated heterocycles. The fourth-order valence-corrected chi connectivity index (χ4v) is 5.15. The van der Waals surface area contributed by atoms with Crippen LogP contribution < -0.4 is 0 Å². The lowest BCUT2D eigenvalue weighted by atomic mass is 9.90. The van der Waals surface area contributed by atoms with E-state index in [0.717, 1.165) is 57.2 Å². The highest BCUT2D eigenvalue weighted by molar-refractivity contribution is 5.96. The summed E-state index contributed by atoms with van der Waals surface area (Å²) in [5, 5.41) is 0. The first-order chi connectivity index (χ1) is 12.5. The smallest absolute Gasteiger partial charge is 0.256 e. The van der Waals surface area contributed by atoms with Gasteiger partial charge < -0.3 is 9.80 Å². The first-order valence-corrected chi connectivity index (χ1v) is 10.1. The summed E-state index contributed by atoms with van der Waals surface area (Å²) in [7, 11) is 0. The van der Waals surface area contributed by atoms with Crippen molar-refractivity contribution in [2.24, 2.45) is 11.3 Å². The van der Waals surface area contributed by atoms with Gasteiger partial charge in [0.2, 0.25) is 5.91 Å². The van der Waals surface area contributed by atoms with Crippen molar-refractivity contribution in [3.63, 3.8) is 0 Å². The number of fused-ring (bicyclic) bond motifs is 3. The van der Waals surface area contributed by atoms with Crippen molar-refractivity contribution in [3.05, 3.63) is 29.1 Å². The maximum Gasteiger partial charge on any atom is 0.256 e. The lowest BCUT2D eigenvalue weighted by molar-refractivity contribution is -0.138. The van der Waals surface area contributed by atoms with Crippen molar-refractivity contribution in [3.8, 4) is 0 Å². The van der Waals surface area contributed by atoms with Crippen LogP contribution in [0.5, 0.6) is 0 Å². The Bertz CT molecular complexity index is 771. The zero-order valence-corrected chi connectivity index (χ0v) is 15.5. The van der Waals surface area contributed by atoms with Gasteiger partial charge in [-0.1, -0.05) is 6.92 Å². The number of carbonyl (C=O) groups excluding carboxylic acids is 2. The molecule has 0 spiro atoms. The Morgan fingerprint density at radius 3 is 2.73 bits per heavy atom. The number of hydrogen-bond acceptors (Lipinski definition) is 3. The molecule has 1 aromatic rings. The van der Waals surface area contributed by atoms with Gasteiger partial charge in [-0.25, -0.2) is 0 Å². The van der Waals surface area contributed by atoms with Crippen molar-refractivity contribution >= 4 is 11.8 Å². The first kappa shape index (κ1) is 16.3. The van der Waals surface area contributed by atoms with E-state index < -0.39 is 0 Å². The second-order valence-electron chi connectivity index (χ2n) is 9.02. The van der Waals surface area contributed by atoms with E-state index in [2.05, 4.69) is 11.9 Å². The highest BCUT2D eigenvalue weighted by Gasteiger charge is 2.50. The molecule has 2 atom stereocenters. The number of nitrogens with zero attached hydrogens (tertiary/aromatic N) is 3. The number of rotatable bonds is 2.